The highest BCUT2D eigenvalue weighted by molar-refractivity contribution is 7.15. The third kappa shape index (κ3) is 2.98. The second-order valence-corrected chi connectivity index (χ2v) is 6.82. The average Bonchev–Trinajstić information content (AvgIpc) is 2.92. The van der Waals surface area contributed by atoms with Gasteiger partial charge < -0.3 is 5.32 Å². The highest BCUT2D eigenvalue weighted by Crippen LogP contribution is 2.38. The second-order valence-electron chi connectivity index (χ2n) is 5.33. The lowest BCUT2D eigenvalue weighted by atomic mass is 9.97. The van der Waals surface area contributed by atoms with Crippen molar-refractivity contribution in [3.8, 4) is 10.6 Å². The summed E-state index contributed by atoms with van der Waals surface area (Å²) in [6, 6.07) is 5.40. The number of rotatable bonds is 4. The van der Waals surface area contributed by atoms with Crippen molar-refractivity contribution in [3.05, 3.63) is 39.6 Å². The van der Waals surface area contributed by atoms with Gasteiger partial charge in [-0.2, -0.15) is 0 Å². The quantitative estimate of drug-likeness (QED) is 0.858. The average molecular weight is 325 g/mol. The second kappa shape index (κ2) is 6.42. The van der Waals surface area contributed by atoms with Crippen molar-refractivity contribution in [1.29, 1.82) is 0 Å². The van der Waals surface area contributed by atoms with Gasteiger partial charge in [-0.15, -0.1) is 11.3 Å². The van der Waals surface area contributed by atoms with Crippen molar-refractivity contribution in [2.24, 2.45) is 0 Å². The standard InChI is InChI=1S/C16H18ClFN2S/c1-2-9-19-12-7-4-8-13-15(12)20-16(21-13)10-5-3-6-11(17)14(10)18/h3,5-6,12,19H,2,4,7-9H2,1H3. The van der Waals surface area contributed by atoms with Crippen LogP contribution < -0.4 is 5.32 Å². The molecule has 21 heavy (non-hydrogen) atoms. The van der Waals surface area contributed by atoms with Crippen LogP contribution in [0.3, 0.4) is 0 Å². The zero-order chi connectivity index (χ0) is 14.8. The first-order valence-corrected chi connectivity index (χ1v) is 8.57. The van der Waals surface area contributed by atoms with Crippen LogP contribution in [-0.4, -0.2) is 11.5 Å². The fraction of sp³-hybridized carbons (Fsp3) is 0.438. The normalized spacial score (nSPS) is 17.8. The summed E-state index contributed by atoms with van der Waals surface area (Å²) in [5, 5.41) is 4.44. The fourth-order valence-corrected chi connectivity index (χ4v) is 4.08. The van der Waals surface area contributed by atoms with Crippen LogP contribution in [0.15, 0.2) is 18.2 Å². The molecule has 0 amide bonds. The molecule has 0 aliphatic heterocycles. The maximum absolute atomic E-state index is 14.2. The molecule has 1 aromatic heterocycles. The molecule has 0 spiro atoms. The van der Waals surface area contributed by atoms with Crippen molar-refractivity contribution in [1.82, 2.24) is 10.3 Å². The van der Waals surface area contributed by atoms with Gasteiger partial charge in [0.25, 0.3) is 0 Å². The number of hydrogen-bond donors (Lipinski definition) is 1. The van der Waals surface area contributed by atoms with Crippen molar-refractivity contribution in [2.75, 3.05) is 6.54 Å². The summed E-state index contributed by atoms with van der Waals surface area (Å²) < 4.78 is 14.2. The molecule has 1 unspecified atom stereocenters. The van der Waals surface area contributed by atoms with Gasteiger partial charge in [0, 0.05) is 10.4 Å². The van der Waals surface area contributed by atoms with Gasteiger partial charge in [-0.25, -0.2) is 9.37 Å². The van der Waals surface area contributed by atoms with Crippen molar-refractivity contribution in [3.63, 3.8) is 0 Å². The number of aryl methyl sites for hydroxylation is 1. The van der Waals surface area contributed by atoms with Gasteiger partial charge in [-0.3, -0.25) is 0 Å². The number of halogens is 2. The maximum atomic E-state index is 14.2. The minimum absolute atomic E-state index is 0.154. The number of hydrogen-bond acceptors (Lipinski definition) is 3. The Morgan fingerprint density at radius 3 is 3.14 bits per heavy atom. The minimum atomic E-state index is -0.372. The molecule has 0 saturated heterocycles. The number of nitrogens with one attached hydrogen (secondary N) is 1. The first-order valence-electron chi connectivity index (χ1n) is 7.38. The largest absolute Gasteiger partial charge is 0.309 e. The number of aromatic nitrogens is 1. The lowest BCUT2D eigenvalue weighted by Crippen LogP contribution is -2.25. The van der Waals surface area contributed by atoms with Crippen LogP contribution in [-0.2, 0) is 6.42 Å². The minimum Gasteiger partial charge on any atom is -0.309 e. The van der Waals surface area contributed by atoms with Crippen molar-refractivity contribution < 1.29 is 4.39 Å². The number of fused-ring (bicyclic) bond motifs is 1. The molecule has 0 radical (unpaired) electrons. The molecule has 0 saturated carbocycles. The molecule has 1 heterocycles. The molecular weight excluding hydrogens is 307 g/mol. The molecule has 2 aromatic rings. The van der Waals surface area contributed by atoms with Gasteiger partial charge in [-0.1, -0.05) is 24.6 Å². The van der Waals surface area contributed by atoms with E-state index in [-0.39, 0.29) is 10.8 Å². The van der Waals surface area contributed by atoms with Crippen LogP contribution in [0.4, 0.5) is 4.39 Å². The predicted molar refractivity (Wildman–Crippen MR) is 86.5 cm³/mol. The summed E-state index contributed by atoms with van der Waals surface area (Å²) in [6.45, 7) is 3.15. The summed E-state index contributed by atoms with van der Waals surface area (Å²) >= 11 is 7.48. The lowest BCUT2D eigenvalue weighted by molar-refractivity contribution is 0.454. The Bertz CT molecular complexity index is 641. The molecule has 5 heteroatoms. The molecule has 1 atom stereocenters. The monoisotopic (exact) mass is 324 g/mol. The van der Waals surface area contributed by atoms with Crippen molar-refractivity contribution >= 4 is 22.9 Å². The highest BCUT2D eigenvalue weighted by Gasteiger charge is 2.25. The van der Waals surface area contributed by atoms with Crippen LogP contribution in [0, 0.1) is 5.82 Å². The van der Waals surface area contributed by atoms with Gasteiger partial charge in [0.15, 0.2) is 5.82 Å². The van der Waals surface area contributed by atoms with Gasteiger partial charge in [-0.05, 0) is 44.4 Å². The van der Waals surface area contributed by atoms with Gasteiger partial charge >= 0.3 is 0 Å². The van der Waals surface area contributed by atoms with E-state index in [1.807, 2.05) is 0 Å². The van der Waals surface area contributed by atoms with Crippen molar-refractivity contribution in [2.45, 2.75) is 38.6 Å². The molecule has 1 N–H and O–H groups in total. The van der Waals surface area contributed by atoms with E-state index in [4.69, 9.17) is 16.6 Å². The smallest absolute Gasteiger partial charge is 0.152 e. The molecule has 1 aliphatic rings. The molecule has 0 bridgehead atoms. The Morgan fingerprint density at radius 2 is 2.33 bits per heavy atom. The molecule has 112 valence electrons. The van der Waals surface area contributed by atoms with Crippen LogP contribution >= 0.6 is 22.9 Å². The fourth-order valence-electron chi connectivity index (χ4n) is 2.72. The Morgan fingerprint density at radius 1 is 1.48 bits per heavy atom. The number of thiazole rings is 1. The topological polar surface area (TPSA) is 24.9 Å². The Hall–Kier alpha value is -0.970. The van der Waals surface area contributed by atoms with E-state index in [1.165, 1.54) is 4.88 Å². The Kier molecular flexibility index (Phi) is 4.57. The summed E-state index contributed by atoms with van der Waals surface area (Å²) in [7, 11) is 0. The van der Waals surface area contributed by atoms with E-state index >= 15 is 0 Å². The zero-order valence-corrected chi connectivity index (χ0v) is 13.5. The molecular formula is C16H18ClFN2S. The number of nitrogens with zero attached hydrogens (tertiary/aromatic N) is 1. The SMILES string of the molecule is CCCNC1CCCc2sc(-c3cccc(Cl)c3F)nc21. The number of benzene rings is 1. The highest BCUT2D eigenvalue weighted by atomic mass is 35.5. The van der Waals surface area contributed by atoms with Crippen LogP contribution in [0.5, 0.6) is 0 Å². The zero-order valence-electron chi connectivity index (χ0n) is 12.0. The van der Waals surface area contributed by atoms with E-state index in [1.54, 1.807) is 29.5 Å². The van der Waals surface area contributed by atoms with Gasteiger partial charge in [0.2, 0.25) is 0 Å². The van der Waals surface area contributed by atoms with Gasteiger partial charge in [0.1, 0.15) is 5.01 Å². The first-order chi connectivity index (χ1) is 10.2. The third-order valence-corrected chi connectivity index (χ3v) is 5.23. The molecule has 3 rings (SSSR count). The van der Waals surface area contributed by atoms with E-state index in [0.717, 1.165) is 42.9 Å². The molecule has 0 fully saturated rings. The predicted octanol–water partition coefficient (Wildman–Crippen LogP) is 4.98. The third-order valence-electron chi connectivity index (χ3n) is 3.78. The molecule has 1 aliphatic carbocycles. The molecule has 1 aromatic carbocycles. The van der Waals surface area contributed by atoms with Crippen LogP contribution in [0.25, 0.3) is 10.6 Å². The lowest BCUT2D eigenvalue weighted by Gasteiger charge is -2.22. The maximum Gasteiger partial charge on any atom is 0.152 e. The van der Waals surface area contributed by atoms with Gasteiger partial charge in [0.05, 0.1) is 16.8 Å². The van der Waals surface area contributed by atoms with E-state index in [9.17, 15) is 4.39 Å². The van der Waals surface area contributed by atoms with E-state index in [2.05, 4.69) is 12.2 Å². The summed E-state index contributed by atoms with van der Waals surface area (Å²) in [4.78, 5) is 6.00. The first kappa shape index (κ1) is 14.9. The van der Waals surface area contributed by atoms with Crippen LogP contribution in [0.1, 0.15) is 42.8 Å². The van der Waals surface area contributed by atoms with E-state index < -0.39 is 0 Å². The Labute approximate surface area is 133 Å². The molecule has 2 nitrogen and oxygen atoms in total. The Balaban J connectivity index is 1.96. The summed E-state index contributed by atoms with van der Waals surface area (Å²) in [5.74, 6) is -0.372. The summed E-state index contributed by atoms with van der Waals surface area (Å²) in [5.41, 5.74) is 1.62. The summed E-state index contributed by atoms with van der Waals surface area (Å²) in [6.07, 6.45) is 4.41. The van der Waals surface area contributed by atoms with E-state index in [0.29, 0.717) is 11.6 Å². The van der Waals surface area contributed by atoms with Crippen LogP contribution in [0.2, 0.25) is 5.02 Å².